The number of benzene rings is 3. The Labute approximate surface area is 408 Å². The summed E-state index contributed by atoms with van der Waals surface area (Å²) in [5.74, 6) is -0.797. The number of fused-ring (bicyclic) bond motifs is 5. The van der Waals surface area contributed by atoms with Gasteiger partial charge < -0.3 is 56.7 Å². The van der Waals surface area contributed by atoms with E-state index in [0.717, 1.165) is 0 Å². The van der Waals surface area contributed by atoms with E-state index in [9.17, 15) is 34.8 Å². The summed E-state index contributed by atoms with van der Waals surface area (Å²) in [6.07, 6.45) is 4.10. The van der Waals surface area contributed by atoms with Crippen molar-refractivity contribution >= 4 is 60.6 Å². The molecule has 0 amide bonds. The van der Waals surface area contributed by atoms with Gasteiger partial charge in [0.1, 0.15) is 67.6 Å². The summed E-state index contributed by atoms with van der Waals surface area (Å²) in [5, 5.41) is 45.3. The predicted molar refractivity (Wildman–Crippen MR) is 189 cm³/mol. The van der Waals surface area contributed by atoms with Crippen LogP contribution in [0.3, 0.4) is 0 Å². The molecule has 8 rings (SSSR count). The van der Waals surface area contributed by atoms with E-state index in [1.807, 2.05) is 0 Å². The molecule has 0 saturated carbocycles. The van der Waals surface area contributed by atoms with Crippen LogP contribution < -0.4 is 152 Å². The van der Waals surface area contributed by atoms with Gasteiger partial charge in [-0.2, -0.15) is 0 Å². The van der Waals surface area contributed by atoms with E-state index in [2.05, 4.69) is 0 Å². The summed E-state index contributed by atoms with van der Waals surface area (Å²) in [7, 11) is 4.25. The molecule has 0 atom stereocenters. The van der Waals surface area contributed by atoms with Gasteiger partial charge in [-0.15, -0.1) is 0 Å². The van der Waals surface area contributed by atoms with Crippen LogP contribution in [-0.4, -0.2) is 37.3 Å². The Morgan fingerprint density at radius 1 is 0.618 bits per heavy atom. The summed E-state index contributed by atoms with van der Waals surface area (Å²) in [4.78, 5) is 35.4. The zero-order valence-electron chi connectivity index (χ0n) is 30.3. The monoisotopic (exact) mass is 898 g/mol. The van der Waals surface area contributed by atoms with Gasteiger partial charge in [0.05, 0.1) is 56.3 Å². The topological polar surface area (TPSA) is 231 Å². The molecule has 0 aliphatic carbocycles. The number of Topliss-reactive ketones (excluding diaryl/α,β-unsaturated/α-hetero) is 1. The number of carbonyl (C=O) groups is 1. The molecule has 3 aromatic carbocycles. The second-order valence-corrected chi connectivity index (χ2v) is 11.2. The molecule has 0 unspecified atom stereocenters. The van der Waals surface area contributed by atoms with Crippen molar-refractivity contribution in [2.24, 2.45) is 0 Å². The van der Waals surface area contributed by atoms with E-state index in [0.29, 0.717) is 39.2 Å². The first-order valence-corrected chi connectivity index (χ1v) is 15.2. The number of aryl methyl sites for hydroxylation is 2. The van der Waals surface area contributed by atoms with Gasteiger partial charge in [0.15, 0.2) is 27.8 Å². The molecule has 0 radical (unpaired) electrons. The van der Waals surface area contributed by atoms with E-state index < -0.39 is 23.0 Å². The number of hydrogen-bond acceptors (Lipinski definition) is 15. The molecular formula is C38H32O15Rb2. The van der Waals surface area contributed by atoms with Gasteiger partial charge in [-0.25, -0.2) is 0 Å². The van der Waals surface area contributed by atoms with E-state index >= 15 is 0 Å². The number of furan rings is 3. The Morgan fingerprint density at radius 2 is 1.02 bits per heavy atom. The summed E-state index contributed by atoms with van der Waals surface area (Å²) in [6.45, 7) is 4.50. The first-order chi connectivity index (χ1) is 24.8. The minimum Gasteiger partial charge on any atom is -0.867 e. The molecule has 17 heteroatoms. The molecule has 15 nitrogen and oxygen atoms in total. The molecule has 8 aromatic rings. The minimum atomic E-state index is -0.703. The molecule has 0 fully saturated rings. The summed E-state index contributed by atoms with van der Waals surface area (Å²) >= 11 is 0. The van der Waals surface area contributed by atoms with Crippen LogP contribution in [0.25, 0.3) is 54.8 Å². The number of hydrogen-bond donors (Lipinski definition) is 2. The number of ketones is 1. The SMILES string of the molecule is C.COc1c(C(C)=O)c(O)c([O-])c2occc12.COc1c2ccoc2c(O)c2oc(C)cc(=O)c12.COc1c2ccoc2c([O-])c2oc(C)cc(=O)c12.[Rb+].[Rb+]. The van der Waals surface area contributed by atoms with Gasteiger partial charge in [0.25, 0.3) is 0 Å². The molecule has 0 saturated heterocycles. The second-order valence-electron chi connectivity index (χ2n) is 11.2. The number of phenols is 2. The first-order valence-electron chi connectivity index (χ1n) is 15.2. The minimum absolute atomic E-state index is 0. The maximum absolute atomic E-state index is 12.1. The molecule has 2 N–H and O–H groups in total. The fourth-order valence-corrected chi connectivity index (χ4v) is 5.88. The fourth-order valence-electron chi connectivity index (χ4n) is 5.88. The van der Waals surface area contributed by atoms with Crippen LogP contribution in [0.1, 0.15) is 36.2 Å². The largest absolute Gasteiger partial charge is 1.00 e. The molecule has 0 bridgehead atoms. The first kappa shape index (κ1) is 46.0. The smallest absolute Gasteiger partial charge is 0.867 e. The molecule has 5 aromatic heterocycles. The zero-order valence-corrected chi connectivity index (χ0v) is 40.2. The summed E-state index contributed by atoms with van der Waals surface area (Å²) in [6, 6.07) is 7.43. The van der Waals surface area contributed by atoms with Crippen molar-refractivity contribution in [3.63, 3.8) is 0 Å². The number of aromatic hydroxyl groups is 2. The van der Waals surface area contributed by atoms with Crippen molar-refractivity contribution in [3.05, 3.63) is 86.7 Å². The van der Waals surface area contributed by atoms with Crippen LogP contribution in [0.15, 0.2) is 80.8 Å². The van der Waals surface area contributed by atoms with Crippen LogP contribution in [0.5, 0.6) is 40.2 Å². The van der Waals surface area contributed by atoms with Crippen LogP contribution in [0.4, 0.5) is 0 Å². The molecule has 276 valence electrons. The third-order valence-electron chi connectivity index (χ3n) is 8.02. The Kier molecular flexibility index (Phi) is 15.6. The van der Waals surface area contributed by atoms with Gasteiger partial charge in [0.2, 0.25) is 5.75 Å². The Morgan fingerprint density at radius 3 is 1.49 bits per heavy atom. The average molecular weight is 900 g/mol. The molecule has 0 spiro atoms. The number of phenolic OH excluding ortho intramolecular Hbond substituents is 2. The van der Waals surface area contributed by atoms with Gasteiger partial charge >= 0.3 is 116 Å². The van der Waals surface area contributed by atoms with Crippen LogP contribution in [0.2, 0.25) is 0 Å². The molecular weight excluding hydrogens is 867 g/mol. The van der Waals surface area contributed by atoms with Crippen molar-refractivity contribution in [3.8, 4) is 40.2 Å². The number of rotatable bonds is 4. The predicted octanol–water partition coefficient (Wildman–Crippen LogP) is 0.559. The normalized spacial score (nSPS) is 10.4. The third kappa shape index (κ3) is 8.21. The van der Waals surface area contributed by atoms with Crippen molar-refractivity contribution in [2.75, 3.05) is 21.3 Å². The van der Waals surface area contributed by atoms with Crippen LogP contribution >= 0.6 is 0 Å². The van der Waals surface area contributed by atoms with Crippen molar-refractivity contribution in [1.82, 2.24) is 0 Å². The van der Waals surface area contributed by atoms with E-state index in [1.165, 1.54) is 65.2 Å². The summed E-state index contributed by atoms with van der Waals surface area (Å²) < 4.78 is 41.5. The van der Waals surface area contributed by atoms with Gasteiger partial charge in [-0.3, -0.25) is 14.4 Å². The molecule has 5 heterocycles. The Hall–Kier alpha value is -3.42. The van der Waals surface area contributed by atoms with E-state index in [1.54, 1.807) is 26.0 Å². The van der Waals surface area contributed by atoms with Crippen molar-refractivity contribution < 1.29 is 178 Å². The Balaban J connectivity index is 0.000000216. The molecule has 0 aliphatic rings. The standard InChI is InChI=1S/2C13H10O5.C11H10O5.CH4.2Rb/c2*1-6-5-8(14)9-11(16-2)7-3-4-17-12(7)10(15)13(9)18-6;1-5(12)7-8(13)9(14)11-6(3-4-16-11)10(7)15-2;;;/h2*3-5,15H,1-2H3;3-4,13-14H,1-2H3;1H4;;/q;;;;2*+1/p-2. The van der Waals surface area contributed by atoms with Crippen LogP contribution in [0, 0.1) is 13.8 Å². The maximum atomic E-state index is 12.1. The molecule has 0 aliphatic heterocycles. The Bertz CT molecular complexity index is 2660. The summed E-state index contributed by atoms with van der Waals surface area (Å²) in [5.41, 5.74) is -0.254. The third-order valence-corrected chi connectivity index (χ3v) is 8.02. The zero-order chi connectivity index (χ0) is 37.6. The fraction of sp³-hybridized carbons (Fsp3) is 0.184. The van der Waals surface area contributed by atoms with Crippen LogP contribution in [-0.2, 0) is 0 Å². The van der Waals surface area contributed by atoms with Gasteiger partial charge in [-0.1, -0.05) is 7.43 Å². The van der Waals surface area contributed by atoms with E-state index in [-0.39, 0.29) is 190 Å². The quantitative estimate of drug-likeness (QED) is 0.230. The average Bonchev–Trinajstić information content (AvgIpc) is 3.90. The molecule has 55 heavy (non-hydrogen) atoms. The van der Waals surface area contributed by atoms with Crippen molar-refractivity contribution in [2.45, 2.75) is 28.2 Å². The second kappa shape index (κ2) is 18.7. The van der Waals surface area contributed by atoms with Gasteiger partial charge in [-0.05, 0) is 50.5 Å². The van der Waals surface area contributed by atoms with Crippen molar-refractivity contribution in [1.29, 1.82) is 0 Å². The number of carbonyl (C=O) groups excluding carboxylic acids is 1. The maximum Gasteiger partial charge on any atom is 1.00 e. The number of ether oxygens (including phenoxy) is 3. The van der Waals surface area contributed by atoms with E-state index in [4.69, 9.17) is 36.3 Å². The van der Waals surface area contributed by atoms with Gasteiger partial charge in [0, 0.05) is 12.1 Å². The number of methoxy groups -OCH3 is 3.